The molecule has 0 aromatic carbocycles. The number of amides is 1. The van der Waals surface area contributed by atoms with E-state index in [1.807, 2.05) is 11.9 Å². The molecule has 0 radical (unpaired) electrons. The third-order valence-corrected chi connectivity index (χ3v) is 2.74. The van der Waals surface area contributed by atoms with Crippen LogP contribution in [0.25, 0.3) is 0 Å². The van der Waals surface area contributed by atoms with Crippen molar-refractivity contribution in [3.8, 4) is 0 Å². The maximum atomic E-state index is 11.6. The van der Waals surface area contributed by atoms with E-state index in [0.717, 1.165) is 32.7 Å². The monoisotopic (exact) mass is 169 g/mol. The van der Waals surface area contributed by atoms with Gasteiger partial charge in [0.2, 0.25) is 5.91 Å². The summed E-state index contributed by atoms with van der Waals surface area (Å²) in [6, 6.07) is 0.109. The van der Waals surface area contributed by atoms with E-state index in [4.69, 9.17) is 0 Å². The Morgan fingerprint density at radius 1 is 1.42 bits per heavy atom. The molecule has 2 aliphatic heterocycles. The lowest BCUT2D eigenvalue weighted by Gasteiger charge is -2.41. The van der Waals surface area contributed by atoms with Crippen LogP contribution in [0.2, 0.25) is 0 Å². The molecule has 0 aromatic rings. The summed E-state index contributed by atoms with van der Waals surface area (Å²) in [4.78, 5) is 15.7. The Bertz CT molecular complexity index is 195. The number of rotatable bonds is 0. The summed E-state index contributed by atoms with van der Waals surface area (Å²) >= 11 is 0. The zero-order valence-corrected chi connectivity index (χ0v) is 7.42. The van der Waals surface area contributed by atoms with Gasteiger partial charge in [-0.1, -0.05) is 0 Å². The standard InChI is InChI=1S/C8H15N3O/c1-10-4-5-11-3-2-9-6-7(11)8(10)12/h7,9H,2-6H2,1H3/t7-/m1/s1. The fraction of sp³-hybridized carbons (Fsp3) is 0.875. The molecule has 0 saturated carbocycles. The lowest BCUT2D eigenvalue weighted by molar-refractivity contribution is -0.140. The van der Waals surface area contributed by atoms with Crippen LogP contribution < -0.4 is 5.32 Å². The number of likely N-dealkylation sites (N-methyl/N-ethyl adjacent to an activating group) is 1. The van der Waals surface area contributed by atoms with Crippen LogP contribution in [0, 0.1) is 0 Å². The Kier molecular flexibility index (Phi) is 2.02. The second kappa shape index (κ2) is 3.03. The first kappa shape index (κ1) is 8.01. The van der Waals surface area contributed by atoms with Crippen molar-refractivity contribution in [2.24, 2.45) is 0 Å². The van der Waals surface area contributed by atoms with Gasteiger partial charge in [0.25, 0.3) is 0 Å². The molecule has 2 rings (SSSR count). The fourth-order valence-electron chi connectivity index (χ4n) is 1.90. The molecule has 4 nitrogen and oxygen atoms in total. The fourth-order valence-corrected chi connectivity index (χ4v) is 1.90. The van der Waals surface area contributed by atoms with Gasteiger partial charge in [0, 0.05) is 39.8 Å². The maximum absolute atomic E-state index is 11.6. The second-order valence-electron chi connectivity index (χ2n) is 3.52. The highest BCUT2D eigenvalue weighted by atomic mass is 16.2. The first-order chi connectivity index (χ1) is 5.79. The molecular formula is C8H15N3O. The number of fused-ring (bicyclic) bond motifs is 1. The van der Waals surface area contributed by atoms with Gasteiger partial charge in [-0.15, -0.1) is 0 Å². The third kappa shape index (κ3) is 1.21. The first-order valence-electron chi connectivity index (χ1n) is 4.49. The minimum Gasteiger partial charge on any atom is -0.343 e. The van der Waals surface area contributed by atoms with Crippen LogP contribution in [0.1, 0.15) is 0 Å². The van der Waals surface area contributed by atoms with Crippen molar-refractivity contribution in [2.45, 2.75) is 6.04 Å². The highest BCUT2D eigenvalue weighted by molar-refractivity contribution is 5.82. The second-order valence-corrected chi connectivity index (χ2v) is 3.52. The number of hydrogen-bond donors (Lipinski definition) is 1. The molecule has 2 saturated heterocycles. The predicted molar refractivity (Wildman–Crippen MR) is 45.9 cm³/mol. The summed E-state index contributed by atoms with van der Waals surface area (Å²) in [5.74, 6) is 0.272. The van der Waals surface area contributed by atoms with Crippen LogP contribution in [0.15, 0.2) is 0 Å². The van der Waals surface area contributed by atoms with Crippen molar-refractivity contribution in [3.63, 3.8) is 0 Å². The smallest absolute Gasteiger partial charge is 0.241 e. The van der Waals surface area contributed by atoms with Gasteiger partial charge in [-0.25, -0.2) is 0 Å². The van der Waals surface area contributed by atoms with E-state index >= 15 is 0 Å². The van der Waals surface area contributed by atoms with Crippen molar-refractivity contribution >= 4 is 5.91 Å². The average molecular weight is 169 g/mol. The SMILES string of the molecule is CN1CCN2CCNC[C@@H]2C1=O. The quantitative estimate of drug-likeness (QED) is 0.491. The van der Waals surface area contributed by atoms with Gasteiger partial charge >= 0.3 is 0 Å². The van der Waals surface area contributed by atoms with Gasteiger partial charge in [0.1, 0.15) is 6.04 Å². The Balaban J connectivity index is 2.08. The molecule has 68 valence electrons. The topological polar surface area (TPSA) is 35.6 Å². The van der Waals surface area contributed by atoms with Crippen molar-refractivity contribution in [2.75, 3.05) is 39.8 Å². The molecule has 2 fully saturated rings. The molecule has 12 heavy (non-hydrogen) atoms. The van der Waals surface area contributed by atoms with Crippen molar-refractivity contribution in [1.29, 1.82) is 0 Å². The number of carbonyl (C=O) groups is 1. The van der Waals surface area contributed by atoms with Gasteiger partial charge in [-0.05, 0) is 0 Å². The van der Waals surface area contributed by atoms with E-state index in [9.17, 15) is 4.79 Å². The van der Waals surface area contributed by atoms with E-state index < -0.39 is 0 Å². The van der Waals surface area contributed by atoms with E-state index in [1.165, 1.54) is 0 Å². The van der Waals surface area contributed by atoms with Crippen LogP contribution >= 0.6 is 0 Å². The van der Waals surface area contributed by atoms with Gasteiger partial charge in [0.15, 0.2) is 0 Å². The molecule has 0 aliphatic carbocycles. The Labute approximate surface area is 72.5 Å². The Morgan fingerprint density at radius 3 is 3.08 bits per heavy atom. The zero-order valence-electron chi connectivity index (χ0n) is 7.42. The molecule has 4 heteroatoms. The molecule has 1 N–H and O–H groups in total. The van der Waals surface area contributed by atoms with Gasteiger partial charge in [-0.3, -0.25) is 9.69 Å². The third-order valence-electron chi connectivity index (χ3n) is 2.74. The normalized spacial score (nSPS) is 31.9. The highest BCUT2D eigenvalue weighted by Gasteiger charge is 2.34. The van der Waals surface area contributed by atoms with Crippen molar-refractivity contribution in [1.82, 2.24) is 15.1 Å². The lowest BCUT2D eigenvalue weighted by Crippen LogP contribution is -2.63. The largest absolute Gasteiger partial charge is 0.343 e. The number of hydrogen-bond acceptors (Lipinski definition) is 3. The maximum Gasteiger partial charge on any atom is 0.241 e. The summed E-state index contributed by atoms with van der Waals surface area (Å²) in [6.45, 7) is 4.78. The summed E-state index contributed by atoms with van der Waals surface area (Å²) in [5.41, 5.74) is 0. The molecule has 0 aromatic heterocycles. The van der Waals surface area contributed by atoms with Gasteiger partial charge in [0.05, 0.1) is 0 Å². The summed E-state index contributed by atoms with van der Waals surface area (Å²) in [7, 11) is 1.88. The van der Waals surface area contributed by atoms with Gasteiger partial charge in [-0.2, -0.15) is 0 Å². The molecule has 2 heterocycles. The Morgan fingerprint density at radius 2 is 2.25 bits per heavy atom. The number of carbonyl (C=O) groups excluding carboxylic acids is 1. The van der Waals surface area contributed by atoms with Crippen LogP contribution in [-0.2, 0) is 4.79 Å². The summed E-state index contributed by atoms with van der Waals surface area (Å²) in [5, 5.41) is 3.25. The van der Waals surface area contributed by atoms with E-state index in [2.05, 4.69) is 10.2 Å². The van der Waals surface area contributed by atoms with Crippen LogP contribution in [-0.4, -0.2) is 61.5 Å². The number of nitrogens with one attached hydrogen (secondary N) is 1. The number of piperazine rings is 2. The van der Waals surface area contributed by atoms with E-state index in [0.29, 0.717) is 0 Å². The molecular weight excluding hydrogens is 154 g/mol. The minimum absolute atomic E-state index is 0.109. The summed E-state index contributed by atoms with van der Waals surface area (Å²) in [6.07, 6.45) is 0. The van der Waals surface area contributed by atoms with Crippen LogP contribution in [0.5, 0.6) is 0 Å². The first-order valence-corrected chi connectivity index (χ1v) is 4.49. The van der Waals surface area contributed by atoms with Crippen LogP contribution in [0.4, 0.5) is 0 Å². The summed E-state index contributed by atoms with van der Waals surface area (Å²) < 4.78 is 0. The van der Waals surface area contributed by atoms with Crippen molar-refractivity contribution in [3.05, 3.63) is 0 Å². The van der Waals surface area contributed by atoms with E-state index in [1.54, 1.807) is 0 Å². The molecule has 0 unspecified atom stereocenters. The molecule has 1 atom stereocenters. The highest BCUT2D eigenvalue weighted by Crippen LogP contribution is 2.10. The molecule has 0 bridgehead atoms. The zero-order chi connectivity index (χ0) is 8.55. The van der Waals surface area contributed by atoms with E-state index in [-0.39, 0.29) is 11.9 Å². The predicted octanol–water partition coefficient (Wildman–Crippen LogP) is -1.27. The van der Waals surface area contributed by atoms with Gasteiger partial charge < -0.3 is 10.2 Å². The van der Waals surface area contributed by atoms with Crippen LogP contribution in [0.3, 0.4) is 0 Å². The number of nitrogens with zero attached hydrogens (tertiary/aromatic N) is 2. The molecule has 2 aliphatic rings. The Hall–Kier alpha value is -0.610. The average Bonchev–Trinajstić information content (AvgIpc) is 2.12. The lowest BCUT2D eigenvalue weighted by atomic mass is 10.1. The molecule has 1 amide bonds. The minimum atomic E-state index is 0.109. The molecule has 0 spiro atoms. The van der Waals surface area contributed by atoms with Crippen molar-refractivity contribution < 1.29 is 4.79 Å².